The maximum atomic E-state index is 13.3. The van der Waals surface area contributed by atoms with E-state index < -0.39 is 5.92 Å². The van der Waals surface area contributed by atoms with Crippen molar-refractivity contribution in [3.63, 3.8) is 0 Å². The zero-order valence-electron chi connectivity index (χ0n) is 19.0. The molecule has 0 fully saturated rings. The van der Waals surface area contributed by atoms with Crippen molar-refractivity contribution in [1.29, 1.82) is 0 Å². The number of aromatic hydroxyl groups is 1. The van der Waals surface area contributed by atoms with Gasteiger partial charge in [-0.2, -0.15) is 0 Å². The monoisotopic (exact) mass is 469 g/mol. The van der Waals surface area contributed by atoms with Crippen LogP contribution in [0.25, 0.3) is 0 Å². The summed E-state index contributed by atoms with van der Waals surface area (Å²) in [5, 5.41) is 13.1. The molecule has 0 spiro atoms. The number of rotatable bonds is 6. The maximum absolute atomic E-state index is 13.3. The van der Waals surface area contributed by atoms with Crippen LogP contribution in [0.5, 0.6) is 17.2 Å². The van der Waals surface area contributed by atoms with Crippen LogP contribution < -0.4 is 14.8 Å². The van der Waals surface area contributed by atoms with E-state index in [-0.39, 0.29) is 40.6 Å². The number of methoxy groups -OCH3 is 1. The number of amides is 1. The lowest BCUT2D eigenvalue weighted by Crippen LogP contribution is -2.38. The largest absolute Gasteiger partial charge is 0.503 e. The van der Waals surface area contributed by atoms with Crippen LogP contribution in [0.15, 0.2) is 47.7 Å². The third-order valence-electron chi connectivity index (χ3n) is 6.14. The fourth-order valence-corrected chi connectivity index (χ4v) is 4.75. The molecule has 2 aromatic carbocycles. The number of phenols is 1. The van der Waals surface area contributed by atoms with Gasteiger partial charge >= 0.3 is 0 Å². The maximum Gasteiger partial charge on any atom is 0.225 e. The number of phenolic OH excluding ortho intramolecular Hbond substituents is 1. The SMILES string of the molecule is COc1cc(C2CC(=O)NC3=C2C(=O)CC(c2ccc(OCC(C)C)cc2)C3)cc(Cl)c1O. The number of ether oxygens (including phenoxy) is 2. The highest BCUT2D eigenvalue weighted by Gasteiger charge is 2.38. The molecule has 7 heteroatoms. The minimum Gasteiger partial charge on any atom is -0.503 e. The molecular weight excluding hydrogens is 442 g/mol. The molecule has 1 amide bonds. The highest BCUT2D eigenvalue weighted by atomic mass is 35.5. The molecule has 1 aliphatic heterocycles. The third-order valence-corrected chi connectivity index (χ3v) is 6.43. The number of halogens is 1. The average molecular weight is 470 g/mol. The van der Waals surface area contributed by atoms with Crippen LogP contribution in [0.4, 0.5) is 0 Å². The van der Waals surface area contributed by atoms with Gasteiger partial charge in [0.1, 0.15) is 5.75 Å². The summed E-state index contributed by atoms with van der Waals surface area (Å²) in [5.41, 5.74) is 3.00. The van der Waals surface area contributed by atoms with Crippen molar-refractivity contribution >= 4 is 23.3 Å². The summed E-state index contributed by atoms with van der Waals surface area (Å²) in [4.78, 5) is 25.8. The Morgan fingerprint density at radius 3 is 2.48 bits per heavy atom. The Morgan fingerprint density at radius 2 is 1.82 bits per heavy atom. The molecule has 2 aromatic rings. The average Bonchev–Trinajstić information content (AvgIpc) is 2.78. The van der Waals surface area contributed by atoms with Gasteiger partial charge in [-0.3, -0.25) is 9.59 Å². The summed E-state index contributed by atoms with van der Waals surface area (Å²) >= 11 is 6.18. The Bertz CT molecular complexity index is 1110. The predicted molar refractivity (Wildman–Crippen MR) is 126 cm³/mol. The molecule has 2 aliphatic rings. The summed E-state index contributed by atoms with van der Waals surface area (Å²) in [6.45, 7) is 4.85. The number of carbonyl (C=O) groups excluding carboxylic acids is 2. The Labute approximate surface area is 198 Å². The van der Waals surface area contributed by atoms with Crippen LogP contribution in [-0.2, 0) is 9.59 Å². The summed E-state index contributed by atoms with van der Waals surface area (Å²) < 4.78 is 11.0. The van der Waals surface area contributed by atoms with Gasteiger partial charge in [0, 0.05) is 30.0 Å². The van der Waals surface area contributed by atoms with Crippen LogP contribution in [0.2, 0.25) is 5.02 Å². The van der Waals surface area contributed by atoms with Crippen molar-refractivity contribution in [3.05, 3.63) is 63.8 Å². The lowest BCUT2D eigenvalue weighted by molar-refractivity contribution is -0.122. The molecule has 4 rings (SSSR count). The van der Waals surface area contributed by atoms with E-state index in [0.29, 0.717) is 42.2 Å². The van der Waals surface area contributed by atoms with Gasteiger partial charge < -0.3 is 19.9 Å². The lowest BCUT2D eigenvalue weighted by Gasteiger charge is -2.34. The Kier molecular flexibility index (Phi) is 6.66. The van der Waals surface area contributed by atoms with Gasteiger partial charge in [-0.05, 0) is 53.6 Å². The number of allylic oxidation sites excluding steroid dienone is 2. The van der Waals surface area contributed by atoms with Crippen LogP contribution in [-0.4, -0.2) is 30.5 Å². The first kappa shape index (κ1) is 23.2. The first-order chi connectivity index (χ1) is 15.8. The molecule has 0 aromatic heterocycles. The van der Waals surface area contributed by atoms with Crippen molar-refractivity contribution < 1.29 is 24.2 Å². The van der Waals surface area contributed by atoms with E-state index in [9.17, 15) is 14.7 Å². The van der Waals surface area contributed by atoms with Crippen molar-refractivity contribution in [2.75, 3.05) is 13.7 Å². The van der Waals surface area contributed by atoms with Crippen molar-refractivity contribution in [1.82, 2.24) is 5.32 Å². The quantitative estimate of drug-likeness (QED) is 0.615. The standard InChI is InChI=1S/C26H28ClNO5/c1-14(2)13-33-18-6-4-15(5-7-18)16-9-21-25(22(29)10-16)19(12-24(30)28-21)17-8-20(27)26(31)23(11-17)32-3/h4-8,11,14,16,19,31H,9-10,12-13H2,1-3H3,(H,28,30). The zero-order valence-corrected chi connectivity index (χ0v) is 19.7. The fourth-order valence-electron chi connectivity index (χ4n) is 4.53. The fraction of sp³-hybridized carbons (Fsp3) is 0.385. The van der Waals surface area contributed by atoms with Crippen molar-refractivity contribution in [2.24, 2.45) is 5.92 Å². The number of hydrogen-bond acceptors (Lipinski definition) is 5. The molecule has 2 N–H and O–H groups in total. The molecule has 2 unspecified atom stereocenters. The predicted octanol–water partition coefficient (Wildman–Crippen LogP) is 5.09. The van der Waals surface area contributed by atoms with Crippen LogP contribution in [0.1, 0.15) is 56.1 Å². The van der Waals surface area contributed by atoms with Crippen molar-refractivity contribution in [3.8, 4) is 17.2 Å². The normalized spacial score (nSPS) is 20.5. The van der Waals surface area contributed by atoms with Gasteiger partial charge in [0.15, 0.2) is 17.3 Å². The Hall–Kier alpha value is -2.99. The second-order valence-electron chi connectivity index (χ2n) is 9.05. The van der Waals surface area contributed by atoms with Gasteiger partial charge in [0.05, 0.1) is 18.7 Å². The molecule has 1 heterocycles. The highest BCUT2D eigenvalue weighted by Crippen LogP contribution is 2.45. The first-order valence-electron chi connectivity index (χ1n) is 11.1. The number of nitrogens with one attached hydrogen (secondary N) is 1. The zero-order chi connectivity index (χ0) is 23.7. The summed E-state index contributed by atoms with van der Waals surface area (Å²) in [5.74, 6) is 0.714. The summed E-state index contributed by atoms with van der Waals surface area (Å²) in [6.07, 6.45) is 1.07. The Morgan fingerprint density at radius 1 is 1.09 bits per heavy atom. The molecular formula is C26H28ClNO5. The number of ketones is 1. The Balaban J connectivity index is 1.62. The number of benzene rings is 2. The summed E-state index contributed by atoms with van der Waals surface area (Å²) in [7, 11) is 1.43. The molecule has 174 valence electrons. The minimum absolute atomic E-state index is 0.00884. The van der Waals surface area contributed by atoms with Crippen molar-refractivity contribution in [2.45, 2.75) is 44.9 Å². The van der Waals surface area contributed by atoms with Crippen LogP contribution >= 0.6 is 11.6 Å². The van der Waals surface area contributed by atoms with E-state index in [1.54, 1.807) is 12.1 Å². The molecule has 0 radical (unpaired) electrons. The molecule has 0 bridgehead atoms. The van der Waals surface area contributed by atoms with E-state index in [1.807, 2.05) is 24.3 Å². The topological polar surface area (TPSA) is 84.9 Å². The van der Waals surface area contributed by atoms with Gasteiger partial charge in [-0.1, -0.05) is 37.6 Å². The van der Waals surface area contributed by atoms with E-state index in [0.717, 1.165) is 11.3 Å². The first-order valence-corrected chi connectivity index (χ1v) is 11.5. The third kappa shape index (κ3) is 4.86. The number of Topliss-reactive ketones (excluding diaryl/α,β-unsaturated/α-hetero) is 1. The van der Waals surface area contributed by atoms with E-state index >= 15 is 0 Å². The summed E-state index contributed by atoms with van der Waals surface area (Å²) in [6, 6.07) is 11.1. The second kappa shape index (κ2) is 9.48. The molecule has 6 nitrogen and oxygen atoms in total. The van der Waals surface area contributed by atoms with Gasteiger partial charge in [0.25, 0.3) is 0 Å². The molecule has 33 heavy (non-hydrogen) atoms. The van der Waals surface area contributed by atoms with E-state index in [1.165, 1.54) is 7.11 Å². The molecule has 0 saturated carbocycles. The van der Waals surface area contributed by atoms with Gasteiger partial charge in [0.2, 0.25) is 5.91 Å². The molecule has 1 aliphatic carbocycles. The van der Waals surface area contributed by atoms with Crippen LogP contribution in [0, 0.1) is 5.92 Å². The smallest absolute Gasteiger partial charge is 0.225 e. The van der Waals surface area contributed by atoms with Crippen LogP contribution in [0.3, 0.4) is 0 Å². The minimum atomic E-state index is -0.430. The molecule has 2 atom stereocenters. The lowest BCUT2D eigenvalue weighted by atomic mass is 9.73. The molecule has 0 saturated heterocycles. The van der Waals surface area contributed by atoms with E-state index in [4.69, 9.17) is 21.1 Å². The van der Waals surface area contributed by atoms with E-state index in [2.05, 4.69) is 19.2 Å². The van der Waals surface area contributed by atoms with Gasteiger partial charge in [-0.15, -0.1) is 0 Å². The number of carbonyl (C=O) groups is 2. The number of hydrogen-bond donors (Lipinski definition) is 2. The second-order valence-corrected chi connectivity index (χ2v) is 9.46. The van der Waals surface area contributed by atoms with Gasteiger partial charge in [-0.25, -0.2) is 0 Å². The highest BCUT2D eigenvalue weighted by molar-refractivity contribution is 6.32.